The van der Waals surface area contributed by atoms with Crippen LogP contribution in [0, 0.1) is 10.1 Å². The number of halogens is 2. The summed E-state index contributed by atoms with van der Waals surface area (Å²) in [6.07, 6.45) is 3.81. The van der Waals surface area contributed by atoms with Crippen LogP contribution in [0.4, 0.5) is 5.69 Å². The number of carbonyl (C=O) groups is 1. The van der Waals surface area contributed by atoms with E-state index in [0.29, 0.717) is 21.4 Å². The van der Waals surface area contributed by atoms with Gasteiger partial charge in [0.2, 0.25) is 0 Å². The number of aromatic nitrogens is 2. The quantitative estimate of drug-likeness (QED) is 0.381. The minimum absolute atomic E-state index is 0.0398. The molecule has 0 aliphatic rings. The number of hydrogen-bond donors (Lipinski definition) is 1. The van der Waals surface area contributed by atoms with Gasteiger partial charge in [-0.15, -0.1) is 0 Å². The second kappa shape index (κ2) is 8.02. The molecule has 9 nitrogen and oxygen atoms in total. The molecule has 0 bridgehead atoms. The lowest BCUT2D eigenvalue weighted by Gasteiger charge is -1.99. The van der Waals surface area contributed by atoms with Crippen molar-refractivity contribution in [3.63, 3.8) is 0 Å². The fourth-order valence-electron chi connectivity index (χ4n) is 2.09. The summed E-state index contributed by atoms with van der Waals surface area (Å²) in [6, 6.07) is 7.96. The summed E-state index contributed by atoms with van der Waals surface area (Å²) in [4.78, 5) is 22.1. The molecular weight excluding hydrogens is 397 g/mol. The van der Waals surface area contributed by atoms with Gasteiger partial charge in [0.1, 0.15) is 18.2 Å². The SMILES string of the molecule is O=C(NN=Cc1ccc(Cl)c(Cl)c1)c1ccc(Cn2cc([N+](=O)[O-])cn2)o1. The molecule has 1 N–H and O–H groups in total. The Hall–Kier alpha value is -3.17. The smallest absolute Gasteiger partial charge is 0.307 e. The first-order valence-electron chi connectivity index (χ1n) is 7.46. The molecule has 0 atom stereocenters. The van der Waals surface area contributed by atoms with Crippen LogP contribution >= 0.6 is 23.2 Å². The summed E-state index contributed by atoms with van der Waals surface area (Å²) in [5.41, 5.74) is 2.86. The van der Waals surface area contributed by atoms with Gasteiger partial charge in [0.15, 0.2) is 5.76 Å². The lowest BCUT2D eigenvalue weighted by Crippen LogP contribution is -2.16. The van der Waals surface area contributed by atoms with Crippen LogP contribution in [0.15, 0.2) is 52.2 Å². The first-order valence-corrected chi connectivity index (χ1v) is 8.22. The number of nitro groups is 1. The first-order chi connectivity index (χ1) is 12.9. The Morgan fingerprint density at radius 3 is 2.85 bits per heavy atom. The average Bonchev–Trinajstić information content (AvgIpc) is 3.28. The molecule has 3 aromatic rings. The number of amides is 1. The van der Waals surface area contributed by atoms with Gasteiger partial charge in [-0.3, -0.25) is 19.6 Å². The second-order valence-electron chi connectivity index (χ2n) is 5.29. The highest BCUT2D eigenvalue weighted by Gasteiger charge is 2.13. The third-order valence-electron chi connectivity index (χ3n) is 3.36. The third-order valence-corrected chi connectivity index (χ3v) is 4.10. The van der Waals surface area contributed by atoms with E-state index in [4.69, 9.17) is 27.6 Å². The van der Waals surface area contributed by atoms with Crippen molar-refractivity contribution in [2.24, 2.45) is 5.10 Å². The molecule has 2 aromatic heterocycles. The molecule has 0 aliphatic carbocycles. The van der Waals surface area contributed by atoms with Gasteiger partial charge in [-0.05, 0) is 29.8 Å². The van der Waals surface area contributed by atoms with Crippen LogP contribution in [0.2, 0.25) is 10.0 Å². The predicted octanol–water partition coefficient (Wildman–Crippen LogP) is 3.50. The van der Waals surface area contributed by atoms with E-state index in [2.05, 4.69) is 15.6 Å². The highest BCUT2D eigenvalue weighted by Crippen LogP contribution is 2.21. The van der Waals surface area contributed by atoms with Crippen LogP contribution in [0.25, 0.3) is 0 Å². The van der Waals surface area contributed by atoms with E-state index in [1.165, 1.54) is 23.2 Å². The van der Waals surface area contributed by atoms with E-state index in [1.54, 1.807) is 24.3 Å². The summed E-state index contributed by atoms with van der Waals surface area (Å²) in [7, 11) is 0. The van der Waals surface area contributed by atoms with E-state index < -0.39 is 10.8 Å². The zero-order valence-corrected chi connectivity index (χ0v) is 15.0. The Balaban J connectivity index is 1.59. The number of nitrogens with one attached hydrogen (secondary N) is 1. The molecule has 0 saturated carbocycles. The number of hydrazone groups is 1. The monoisotopic (exact) mass is 407 g/mol. The molecule has 27 heavy (non-hydrogen) atoms. The van der Waals surface area contributed by atoms with Crippen molar-refractivity contribution < 1.29 is 14.1 Å². The molecule has 2 heterocycles. The molecule has 138 valence electrons. The molecular formula is C16H11Cl2N5O4. The lowest BCUT2D eigenvalue weighted by molar-refractivity contribution is -0.385. The van der Waals surface area contributed by atoms with Gasteiger partial charge in [-0.2, -0.15) is 10.2 Å². The summed E-state index contributed by atoms with van der Waals surface area (Å²) in [5, 5.41) is 19.1. The van der Waals surface area contributed by atoms with E-state index in [0.717, 1.165) is 6.20 Å². The van der Waals surface area contributed by atoms with Crippen molar-refractivity contribution in [1.29, 1.82) is 0 Å². The molecule has 11 heteroatoms. The molecule has 0 spiro atoms. The number of hydrogen-bond acceptors (Lipinski definition) is 6. The van der Waals surface area contributed by atoms with Crippen LogP contribution in [-0.2, 0) is 6.54 Å². The maximum absolute atomic E-state index is 12.0. The van der Waals surface area contributed by atoms with E-state index in [9.17, 15) is 14.9 Å². The number of furan rings is 1. The van der Waals surface area contributed by atoms with Crippen LogP contribution in [0.5, 0.6) is 0 Å². The van der Waals surface area contributed by atoms with Crippen molar-refractivity contribution in [3.05, 3.63) is 80.0 Å². The van der Waals surface area contributed by atoms with Crippen LogP contribution in [0.3, 0.4) is 0 Å². The van der Waals surface area contributed by atoms with Gasteiger partial charge in [-0.25, -0.2) is 5.43 Å². The number of benzene rings is 1. The Labute approximate surface area is 162 Å². The Morgan fingerprint density at radius 1 is 1.33 bits per heavy atom. The zero-order chi connectivity index (χ0) is 19.4. The molecule has 0 aliphatic heterocycles. The molecule has 1 aromatic carbocycles. The fourth-order valence-corrected chi connectivity index (χ4v) is 2.40. The van der Waals surface area contributed by atoms with E-state index in [-0.39, 0.29) is 18.0 Å². The average molecular weight is 408 g/mol. The maximum Gasteiger partial charge on any atom is 0.307 e. The molecule has 0 saturated heterocycles. The van der Waals surface area contributed by atoms with Crippen molar-refractivity contribution >= 4 is 41.0 Å². The lowest BCUT2D eigenvalue weighted by atomic mass is 10.2. The number of nitrogens with zero attached hydrogens (tertiary/aromatic N) is 4. The summed E-state index contributed by atoms with van der Waals surface area (Å²) in [6.45, 7) is 0.146. The normalized spacial score (nSPS) is 11.0. The third kappa shape index (κ3) is 4.72. The minimum atomic E-state index is -0.552. The number of rotatable bonds is 6. The Morgan fingerprint density at radius 2 is 2.15 bits per heavy atom. The maximum atomic E-state index is 12.0. The minimum Gasteiger partial charge on any atom is -0.454 e. The largest absolute Gasteiger partial charge is 0.454 e. The van der Waals surface area contributed by atoms with E-state index >= 15 is 0 Å². The van der Waals surface area contributed by atoms with Gasteiger partial charge < -0.3 is 4.42 Å². The van der Waals surface area contributed by atoms with Crippen molar-refractivity contribution in [1.82, 2.24) is 15.2 Å². The second-order valence-corrected chi connectivity index (χ2v) is 6.11. The molecule has 0 unspecified atom stereocenters. The van der Waals surface area contributed by atoms with Crippen molar-refractivity contribution in [2.75, 3.05) is 0 Å². The fraction of sp³-hybridized carbons (Fsp3) is 0.0625. The topological polar surface area (TPSA) is 116 Å². The molecule has 0 radical (unpaired) electrons. The van der Waals surface area contributed by atoms with E-state index in [1.807, 2.05) is 0 Å². The zero-order valence-electron chi connectivity index (χ0n) is 13.5. The molecule has 3 rings (SSSR count). The van der Waals surface area contributed by atoms with Gasteiger partial charge in [0, 0.05) is 0 Å². The predicted molar refractivity (Wildman–Crippen MR) is 98.2 cm³/mol. The first kappa shape index (κ1) is 18.6. The van der Waals surface area contributed by atoms with Gasteiger partial charge in [-0.1, -0.05) is 29.3 Å². The van der Waals surface area contributed by atoms with Crippen LogP contribution in [-0.4, -0.2) is 26.8 Å². The highest BCUT2D eigenvalue weighted by atomic mass is 35.5. The highest BCUT2D eigenvalue weighted by molar-refractivity contribution is 6.42. The summed E-state index contributed by atoms with van der Waals surface area (Å²) < 4.78 is 6.74. The Kier molecular flexibility index (Phi) is 5.53. The van der Waals surface area contributed by atoms with Crippen molar-refractivity contribution in [2.45, 2.75) is 6.54 Å². The Bertz CT molecular complexity index is 1030. The standard InChI is InChI=1S/C16H11Cl2N5O4/c17-13-3-1-10(5-14(13)18)6-19-21-16(24)15-4-2-12(27-15)9-22-8-11(7-20-22)23(25)26/h1-8H,9H2,(H,21,24). The van der Waals surface area contributed by atoms with Gasteiger partial charge in [0.05, 0.1) is 27.7 Å². The summed E-state index contributed by atoms with van der Waals surface area (Å²) in [5.74, 6) is -0.103. The van der Waals surface area contributed by atoms with Crippen molar-refractivity contribution in [3.8, 4) is 0 Å². The van der Waals surface area contributed by atoms with Crippen LogP contribution in [0.1, 0.15) is 21.9 Å². The van der Waals surface area contributed by atoms with Gasteiger partial charge in [0.25, 0.3) is 0 Å². The van der Waals surface area contributed by atoms with Gasteiger partial charge >= 0.3 is 11.6 Å². The summed E-state index contributed by atoms with van der Waals surface area (Å²) >= 11 is 11.7. The molecule has 0 fully saturated rings. The number of carbonyl (C=O) groups excluding carboxylic acids is 1. The molecule has 1 amide bonds. The van der Waals surface area contributed by atoms with Crippen LogP contribution < -0.4 is 5.43 Å².